The van der Waals surface area contributed by atoms with E-state index in [4.69, 9.17) is 0 Å². The highest BCUT2D eigenvalue weighted by molar-refractivity contribution is 5.67. The van der Waals surface area contributed by atoms with E-state index < -0.39 is 23.1 Å². The number of halogens is 3. The van der Waals surface area contributed by atoms with Crippen LogP contribution in [-0.4, -0.2) is 21.0 Å². The summed E-state index contributed by atoms with van der Waals surface area (Å²) < 4.78 is 40.9. The molecule has 5 nitrogen and oxygen atoms in total. The highest BCUT2D eigenvalue weighted by Crippen LogP contribution is 2.27. The van der Waals surface area contributed by atoms with Crippen molar-refractivity contribution in [3.8, 4) is 11.3 Å². The fourth-order valence-corrected chi connectivity index (χ4v) is 2.29. The molecule has 3 rings (SSSR count). The quantitative estimate of drug-likeness (QED) is 0.701. The lowest BCUT2D eigenvalue weighted by molar-refractivity contribution is 0.548. The highest BCUT2D eigenvalue weighted by atomic mass is 19.1. The third kappa shape index (κ3) is 4.08. The molecule has 0 amide bonds. The smallest absolute Gasteiger partial charge is 0.225 e. The van der Waals surface area contributed by atoms with Crippen LogP contribution in [0.15, 0.2) is 42.7 Å². The topological polar surface area (TPSA) is 62.7 Å². The fraction of sp³-hybridized carbons (Fsp3) is 0.167. The predicted octanol–water partition coefficient (Wildman–Crippen LogP) is 4.52. The number of nitrogens with one attached hydrogen (secondary N) is 2. The Labute approximate surface area is 148 Å². The Kier molecular flexibility index (Phi) is 5.01. The maximum Gasteiger partial charge on any atom is 0.225 e. The normalized spacial score (nSPS) is 10.8. The number of hydrogen-bond donors (Lipinski definition) is 2. The number of pyridine rings is 1. The van der Waals surface area contributed by atoms with Gasteiger partial charge in [0.2, 0.25) is 5.95 Å². The zero-order valence-corrected chi connectivity index (χ0v) is 14.1. The lowest BCUT2D eigenvalue weighted by atomic mass is 10.2. The Balaban J connectivity index is 2.03. The minimum absolute atomic E-state index is 0.0508. The zero-order valence-electron chi connectivity index (χ0n) is 14.1. The van der Waals surface area contributed by atoms with Crippen molar-refractivity contribution in [3.63, 3.8) is 0 Å². The summed E-state index contributed by atoms with van der Waals surface area (Å²) >= 11 is 0. The van der Waals surface area contributed by atoms with Gasteiger partial charge in [0.1, 0.15) is 17.3 Å². The van der Waals surface area contributed by atoms with Gasteiger partial charge in [-0.05, 0) is 26.0 Å². The van der Waals surface area contributed by atoms with E-state index in [9.17, 15) is 13.2 Å². The molecule has 0 aliphatic rings. The van der Waals surface area contributed by atoms with Crippen LogP contribution in [0.5, 0.6) is 0 Å². The van der Waals surface area contributed by atoms with Crippen molar-refractivity contribution >= 4 is 17.5 Å². The molecule has 0 aliphatic carbocycles. The van der Waals surface area contributed by atoms with Gasteiger partial charge in [-0.1, -0.05) is 0 Å². The first-order chi connectivity index (χ1) is 12.4. The van der Waals surface area contributed by atoms with Crippen molar-refractivity contribution in [2.45, 2.75) is 19.9 Å². The molecule has 8 heteroatoms. The summed E-state index contributed by atoms with van der Waals surface area (Å²) in [6.07, 6.45) is 3.22. The molecule has 0 radical (unpaired) electrons. The molecule has 26 heavy (non-hydrogen) atoms. The van der Waals surface area contributed by atoms with Gasteiger partial charge in [-0.3, -0.25) is 4.98 Å². The van der Waals surface area contributed by atoms with Gasteiger partial charge in [-0.25, -0.2) is 18.2 Å². The largest absolute Gasteiger partial charge is 0.352 e. The molecule has 0 spiro atoms. The molecule has 2 heterocycles. The molecular weight excluding hydrogens is 343 g/mol. The van der Waals surface area contributed by atoms with Gasteiger partial charge < -0.3 is 10.6 Å². The summed E-state index contributed by atoms with van der Waals surface area (Å²) in [5.74, 6) is -2.64. The van der Waals surface area contributed by atoms with Crippen molar-refractivity contribution in [2.24, 2.45) is 0 Å². The molecule has 0 unspecified atom stereocenters. The maximum atomic E-state index is 13.9. The summed E-state index contributed by atoms with van der Waals surface area (Å²) in [6.45, 7) is 3.82. The number of benzene rings is 1. The van der Waals surface area contributed by atoms with E-state index in [0.717, 1.165) is 5.56 Å². The molecule has 0 saturated carbocycles. The molecule has 0 saturated heterocycles. The summed E-state index contributed by atoms with van der Waals surface area (Å²) in [4.78, 5) is 12.6. The van der Waals surface area contributed by atoms with Gasteiger partial charge in [0, 0.05) is 42.2 Å². The molecule has 3 aromatic rings. The third-order valence-corrected chi connectivity index (χ3v) is 3.38. The standard InChI is InChI=1S/C18H16F3N5/c1-10(2)23-18-24-15(11-3-5-22-6-4-11)9-16(26-18)25-17-13(20)7-12(19)8-14(17)21/h3-10H,1-2H3,(H2,23,24,25,26). The summed E-state index contributed by atoms with van der Waals surface area (Å²) in [6, 6.07) is 6.31. The lowest BCUT2D eigenvalue weighted by Gasteiger charge is -2.14. The predicted molar refractivity (Wildman–Crippen MR) is 93.6 cm³/mol. The van der Waals surface area contributed by atoms with E-state index in [0.29, 0.717) is 23.8 Å². The van der Waals surface area contributed by atoms with Crippen molar-refractivity contribution in [1.82, 2.24) is 15.0 Å². The zero-order chi connectivity index (χ0) is 18.7. The molecule has 0 atom stereocenters. The van der Waals surface area contributed by atoms with E-state index in [2.05, 4.69) is 25.6 Å². The molecule has 2 N–H and O–H groups in total. The van der Waals surface area contributed by atoms with E-state index in [1.54, 1.807) is 30.6 Å². The summed E-state index contributed by atoms with van der Waals surface area (Å²) in [5, 5.41) is 5.62. The molecule has 134 valence electrons. The second-order valence-corrected chi connectivity index (χ2v) is 5.87. The fourth-order valence-electron chi connectivity index (χ4n) is 2.29. The van der Waals surface area contributed by atoms with Gasteiger partial charge >= 0.3 is 0 Å². The van der Waals surface area contributed by atoms with Crippen LogP contribution in [0.1, 0.15) is 13.8 Å². The van der Waals surface area contributed by atoms with Crippen LogP contribution >= 0.6 is 0 Å². The average molecular weight is 359 g/mol. The van der Waals surface area contributed by atoms with Crippen LogP contribution in [-0.2, 0) is 0 Å². The van der Waals surface area contributed by atoms with Crippen molar-refractivity contribution in [1.29, 1.82) is 0 Å². The monoisotopic (exact) mass is 359 g/mol. The number of rotatable bonds is 5. The first-order valence-corrected chi connectivity index (χ1v) is 7.90. The molecule has 0 aliphatic heterocycles. The Hall–Kier alpha value is -3.16. The number of hydrogen-bond acceptors (Lipinski definition) is 5. The summed E-state index contributed by atoms with van der Waals surface area (Å²) in [7, 11) is 0. The van der Waals surface area contributed by atoms with Crippen LogP contribution in [0.25, 0.3) is 11.3 Å². The molecule has 1 aromatic carbocycles. The second kappa shape index (κ2) is 7.38. The second-order valence-electron chi connectivity index (χ2n) is 5.87. The first kappa shape index (κ1) is 17.7. The molecule has 0 bridgehead atoms. The number of anilines is 3. The lowest BCUT2D eigenvalue weighted by Crippen LogP contribution is -2.13. The van der Waals surface area contributed by atoms with Gasteiger partial charge in [0.05, 0.1) is 5.69 Å². The number of aromatic nitrogens is 3. The molecule has 0 fully saturated rings. The number of nitrogens with zero attached hydrogens (tertiary/aromatic N) is 3. The van der Waals surface area contributed by atoms with E-state index >= 15 is 0 Å². The minimum atomic E-state index is -1.05. The van der Waals surface area contributed by atoms with Crippen LogP contribution in [0.4, 0.5) is 30.6 Å². The van der Waals surface area contributed by atoms with E-state index in [1.165, 1.54) is 0 Å². The SMILES string of the molecule is CC(C)Nc1nc(Nc2c(F)cc(F)cc2F)cc(-c2ccncc2)n1. The van der Waals surface area contributed by atoms with Gasteiger partial charge in [-0.2, -0.15) is 4.98 Å². The highest BCUT2D eigenvalue weighted by Gasteiger charge is 2.14. The Bertz CT molecular complexity index is 893. The average Bonchev–Trinajstić information content (AvgIpc) is 2.58. The van der Waals surface area contributed by atoms with E-state index in [-0.39, 0.29) is 11.9 Å². The Morgan fingerprint density at radius 1 is 0.923 bits per heavy atom. The third-order valence-electron chi connectivity index (χ3n) is 3.38. The Morgan fingerprint density at radius 3 is 2.19 bits per heavy atom. The van der Waals surface area contributed by atoms with Crippen LogP contribution in [0.3, 0.4) is 0 Å². The van der Waals surface area contributed by atoms with Crippen LogP contribution in [0, 0.1) is 17.5 Å². The van der Waals surface area contributed by atoms with Crippen LogP contribution < -0.4 is 10.6 Å². The van der Waals surface area contributed by atoms with Gasteiger partial charge in [-0.15, -0.1) is 0 Å². The maximum absolute atomic E-state index is 13.9. The molecule has 2 aromatic heterocycles. The van der Waals surface area contributed by atoms with Crippen molar-refractivity contribution < 1.29 is 13.2 Å². The Morgan fingerprint density at radius 2 is 1.58 bits per heavy atom. The summed E-state index contributed by atoms with van der Waals surface area (Å²) in [5.41, 5.74) is 0.814. The van der Waals surface area contributed by atoms with E-state index in [1.807, 2.05) is 13.8 Å². The molecular formula is C18H16F3N5. The van der Waals surface area contributed by atoms with Crippen molar-refractivity contribution in [2.75, 3.05) is 10.6 Å². The van der Waals surface area contributed by atoms with Crippen molar-refractivity contribution in [3.05, 3.63) is 60.2 Å². The van der Waals surface area contributed by atoms with Gasteiger partial charge in [0.15, 0.2) is 11.6 Å². The van der Waals surface area contributed by atoms with Gasteiger partial charge in [0.25, 0.3) is 0 Å². The van der Waals surface area contributed by atoms with Crippen LogP contribution in [0.2, 0.25) is 0 Å². The minimum Gasteiger partial charge on any atom is -0.352 e. The first-order valence-electron chi connectivity index (χ1n) is 7.90.